The molecule has 10 heteroatoms. The number of carbonyl (C=O) groups is 1. The smallest absolute Gasteiger partial charge is 0.417 e. The first-order valence-electron chi connectivity index (χ1n) is 12.8. The van der Waals surface area contributed by atoms with Crippen molar-refractivity contribution in [1.29, 1.82) is 0 Å². The van der Waals surface area contributed by atoms with E-state index in [0.29, 0.717) is 22.6 Å². The summed E-state index contributed by atoms with van der Waals surface area (Å²) in [4.78, 5) is 12.2. The molecule has 0 amide bonds. The highest BCUT2D eigenvalue weighted by Gasteiger charge is 2.42. The molecular formula is C28H34F3NO6. The Balaban J connectivity index is 1.88. The minimum atomic E-state index is -4.73. The highest BCUT2D eigenvalue weighted by Crippen LogP contribution is 2.45. The first-order valence-corrected chi connectivity index (χ1v) is 12.8. The molecule has 38 heavy (non-hydrogen) atoms. The van der Waals surface area contributed by atoms with Gasteiger partial charge < -0.3 is 29.4 Å². The molecule has 1 saturated heterocycles. The number of ether oxygens (including phenoxy) is 4. The molecule has 1 saturated carbocycles. The van der Waals surface area contributed by atoms with Crippen molar-refractivity contribution in [3.05, 3.63) is 41.0 Å². The number of carboxylic acid groups (broad SMARTS) is 1. The van der Waals surface area contributed by atoms with E-state index >= 15 is 0 Å². The van der Waals surface area contributed by atoms with Gasteiger partial charge in [-0.3, -0.25) is 0 Å². The van der Waals surface area contributed by atoms with Gasteiger partial charge in [-0.15, -0.1) is 0 Å². The number of carboxylic acids is 1. The van der Waals surface area contributed by atoms with Crippen LogP contribution >= 0.6 is 0 Å². The SMILES string of the molecule is COc1cc(-c2c(COC3CCCC3)cc(NC3(C(=O)O)CCOCC3)cc2C(F)(F)F)cc(OC)c1C. The monoisotopic (exact) mass is 537 g/mol. The average molecular weight is 538 g/mol. The van der Waals surface area contributed by atoms with E-state index in [1.807, 2.05) is 0 Å². The summed E-state index contributed by atoms with van der Waals surface area (Å²) >= 11 is 0. The lowest BCUT2D eigenvalue weighted by molar-refractivity contribution is -0.145. The van der Waals surface area contributed by atoms with E-state index in [-0.39, 0.29) is 55.6 Å². The summed E-state index contributed by atoms with van der Waals surface area (Å²) in [6.07, 6.45) is -0.757. The Morgan fingerprint density at radius 1 is 1.08 bits per heavy atom. The number of rotatable bonds is 9. The third kappa shape index (κ3) is 5.86. The highest BCUT2D eigenvalue weighted by atomic mass is 19.4. The van der Waals surface area contributed by atoms with Crippen LogP contribution in [0.25, 0.3) is 11.1 Å². The van der Waals surface area contributed by atoms with E-state index in [2.05, 4.69) is 5.32 Å². The van der Waals surface area contributed by atoms with Crippen molar-refractivity contribution < 1.29 is 42.0 Å². The number of aliphatic carboxylic acids is 1. The predicted molar refractivity (Wildman–Crippen MR) is 136 cm³/mol. The summed E-state index contributed by atoms with van der Waals surface area (Å²) in [6, 6.07) is 5.67. The molecule has 2 N–H and O–H groups in total. The van der Waals surface area contributed by atoms with Gasteiger partial charge in [0.1, 0.15) is 17.0 Å². The fourth-order valence-electron chi connectivity index (χ4n) is 5.33. The van der Waals surface area contributed by atoms with Gasteiger partial charge in [0.2, 0.25) is 0 Å². The lowest BCUT2D eigenvalue weighted by Gasteiger charge is -2.35. The van der Waals surface area contributed by atoms with E-state index in [1.54, 1.807) is 25.1 Å². The summed E-state index contributed by atoms with van der Waals surface area (Å²) in [5.74, 6) is -0.344. The van der Waals surface area contributed by atoms with Crippen LogP contribution in [0.15, 0.2) is 24.3 Å². The first kappa shape index (κ1) is 28.0. The summed E-state index contributed by atoms with van der Waals surface area (Å²) in [7, 11) is 2.90. The molecule has 2 fully saturated rings. The lowest BCUT2D eigenvalue weighted by Crippen LogP contribution is -2.50. The molecular weight excluding hydrogens is 503 g/mol. The Morgan fingerprint density at radius 2 is 1.68 bits per heavy atom. The van der Waals surface area contributed by atoms with Gasteiger partial charge in [0, 0.05) is 37.3 Å². The van der Waals surface area contributed by atoms with Crippen LogP contribution in [-0.2, 0) is 27.1 Å². The number of anilines is 1. The Hall–Kier alpha value is -2.98. The normalized spacial score (nSPS) is 17.8. The van der Waals surface area contributed by atoms with Crippen LogP contribution in [0.5, 0.6) is 11.5 Å². The van der Waals surface area contributed by atoms with Crippen LogP contribution in [0.4, 0.5) is 18.9 Å². The van der Waals surface area contributed by atoms with Gasteiger partial charge in [0.05, 0.1) is 32.5 Å². The number of benzene rings is 2. The van der Waals surface area contributed by atoms with Crippen LogP contribution in [0.1, 0.15) is 55.2 Å². The van der Waals surface area contributed by atoms with E-state index < -0.39 is 23.2 Å². The molecule has 7 nitrogen and oxygen atoms in total. The van der Waals surface area contributed by atoms with Crippen molar-refractivity contribution >= 4 is 11.7 Å². The number of hydrogen-bond donors (Lipinski definition) is 2. The van der Waals surface area contributed by atoms with Gasteiger partial charge in [-0.25, -0.2) is 4.79 Å². The number of nitrogens with one attached hydrogen (secondary N) is 1. The van der Waals surface area contributed by atoms with Gasteiger partial charge >= 0.3 is 12.1 Å². The quantitative estimate of drug-likeness (QED) is 0.394. The van der Waals surface area contributed by atoms with E-state index in [0.717, 1.165) is 31.7 Å². The van der Waals surface area contributed by atoms with Crippen LogP contribution in [-0.4, -0.2) is 50.2 Å². The van der Waals surface area contributed by atoms with E-state index in [4.69, 9.17) is 18.9 Å². The van der Waals surface area contributed by atoms with Crippen LogP contribution in [0, 0.1) is 6.92 Å². The standard InChI is InChI=1S/C28H34F3NO6/c1-17-23(35-2)13-18(14-24(17)36-3)25-19(16-38-21-6-4-5-7-21)12-20(15-22(25)28(29,30)31)32-27(26(33)34)8-10-37-11-9-27/h12-15,21,32H,4-11,16H2,1-3H3,(H,33,34). The third-order valence-corrected chi connectivity index (χ3v) is 7.48. The number of alkyl halides is 3. The van der Waals surface area contributed by atoms with Crippen molar-refractivity contribution in [3.63, 3.8) is 0 Å². The van der Waals surface area contributed by atoms with Crippen molar-refractivity contribution in [1.82, 2.24) is 0 Å². The maximum Gasteiger partial charge on any atom is 0.417 e. The largest absolute Gasteiger partial charge is 0.496 e. The zero-order valence-corrected chi connectivity index (χ0v) is 21.9. The second kappa shape index (κ2) is 11.4. The average Bonchev–Trinajstić information content (AvgIpc) is 3.41. The fourth-order valence-corrected chi connectivity index (χ4v) is 5.33. The number of halogens is 3. The second-order valence-corrected chi connectivity index (χ2v) is 9.90. The van der Waals surface area contributed by atoms with Crippen molar-refractivity contribution in [2.75, 3.05) is 32.8 Å². The summed E-state index contributed by atoms with van der Waals surface area (Å²) in [5.41, 5.74) is -1.06. The Labute approximate surface area is 220 Å². The zero-order valence-electron chi connectivity index (χ0n) is 21.9. The molecule has 2 aliphatic rings. The maximum atomic E-state index is 14.6. The highest BCUT2D eigenvalue weighted by molar-refractivity contribution is 5.84. The summed E-state index contributed by atoms with van der Waals surface area (Å²) in [6.45, 7) is 2.11. The van der Waals surface area contributed by atoms with E-state index in [1.165, 1.54) is 14.2 Å². The summed E-state index contributed by atoms with van der Waals surface area (Å²) < 4.78 is 66.2. The molecule has 208 valence electrons. The molecule has 1 aliphatic carbocycles. The molecule has 1 heterocycles. The molecule has 2 aromatic carbocycles. The maximum absolute atomic E-state index is 14.6. The molecule has 0 atom stereocenters. The summed E-state index contributed by atoms with van der Waals surface area (Å²) in [5, 5.41) is 12.9. The topological polar surface area (TPSA) is 86.3 Å². The van der Waals surface area contributed by atoms with Gasteiger partial charge in [0.15, 0.2) is 0 Å². The van der Waals surface area contributed by atoms with E-state index in [9.17, 15) is 23.1 Å². The van der Waals surface area contributed by atoms with Gasteiger partial charge in [0.25, 0.3) is 0 Å². The van der Waals surface area contributed by atoms with Crippen molar-refractivity contribution in [3.8, 4) is 22.6 Å². The van der Waals surface area contributed by atoms with Gasteiger partial charge in [-0.05, 0) is 60.7 Å². The minimum absolute atomic E-state index is 0.0308. The molecule has 0 unspecified atom stereocenters. The molecule has 0 spiro atoms. The number of methoxy groups -OCH3 is 2. The van der Waals surface area contributed by atoms with Crippen LogP contribution < -0.4 is 14.8 Å². The molecule has 1 aliphatic heterocycles. The molecule has 0 bridgehead atoms. The second-order valence-electron chi connectivity index (χ2n) is 9.90. The molecule has 4 rings (SSSR count). The van der Waals surface area contributed by atoms with Gasteiger partial charge in [-0.2, -0.15) is 13.2 Å². The molecule has 2 aromatic rings. The Bertz CT molecular complexity index is 1130. The lowest BCUT2D eigenvalue weighted by atomic mass is 9.88. The predicted octanol–water partition coefficient (Wildman–Crippen LogP) is 6.20. The van der Waals surface area contributed by atoms with Gasteiger partial charge in [-0.1, -0.05) is 12.8 Å². The molecule has 0 radical (unpaired) electrons. The molecule has 0 aromatic heterocycles. The van der Waals surface area contributed by atoms with Crippen LogP contribution in [0.3, 0.4) is 0 Å². The Morgan fingerprint density at radius 3 is 2.21 bits per heavy atom. The first-order chi connectivity index (χ1) is 18.1. The third-order valence-electron chi connectivity index (χ3n) is 7.48. The van der Waals surface area contributed by atoms with Crippen molar-refractivity contribution in [2.45, 2.75) is 69.9 Å². The number of hydrogen-bond acceptors (Lipinski definition) is 6. The minimum Gasteiger partial charge on any atom is -0.496 e. The zero-order chi connectivity index (χ0) is 27.5. The van der Waals surface area contributed by atoms with Crippen LogP contribution in [0.2, 0.25) is 0 Å². The fraction of sp³-hybridized carbons (Fsp3) is 0.536. The van der Waals surface area contributed by atoms with Crippen molar-refractivity contribution in [2.24, 2.45) is 0 Å². The Kier molecular flexibility index (Phi) is 8.42.